The molecule has 0 bridgehead atoms. The normalized spacial score (nSPS) is 13.3. The minimum atomic E-state index is -0.471. The Bertz CT molecular complexity index is 1240. The fourth-order valence-corrected chi connectivity index (χ4v) is 3.51. The largest absolute Gasteiger partial charge is 0.497 e. The molecule has 0 fully saturated rings. The second kappa shape index (κ2) is 5.16. The molecule has 4 aromatic rings. The van der Waals surface area contributed by atoms with Crippen LogP contribution in [0.2, 0.25) is 0 Å². The van der Waals surface area contributed by atoms with Gasteiger partial charge in [-0.25, -0.2) is 4.98 Å². The highest BCUT2D eigenvalue weighted by Crippen LogP contribution is 2.37. The van der Waals surface area contributed by atoms with Crippen molar-refractivity contribution in [3.05, 3.63) is 59.8 Å². The summed E-state index contributed by atoms with van der Waals surface area (Å²) < 4.78 is 5.31. The van der Waals surface area contributed by atoms with Gasteiger partial charge in [0, 0.05) is 21.9 Å². The molecule has 3 heterocycles. The zero-order chi connectivity index (χ0) is 17.8. The summed E-state index contributed by atoms with van der Waals surface area (Å²) in [6.45, 7) is 0. The van der Waals surface area contributed by atoms with Crippen LogP contribution < -0.4 is 10.1 Å². The van der Waals surface area contributed by atoms with Crippen LogP contribution in [0.4, 0.5) is 0 Å². The molecule has 26 heavy (non-hydrogen) atoms. The molecule has 1 aliphatic rings. The first-order valence-electron chi connectivity index (χ1n) is 8.12. The second-order valence-corrected chi connectivity index (χ2v) is 6.12. The predicted molar refractivity (Wildman–Crippen MR) is 97.4 cm³/mol. The van der Waals surface area contributed by atoms with Crippen LogP contribution in [-0.2, 0) is 0 Å². The molecule has 0 spiro atoms. The molecule has 0 atom stereocenters. The topological polar surface area (TPSA) is 84.1 Å². The number of pyridine rings is 1. The summed E-state index contributed by atoms with van der Waals surface area (Å²) in [7, 11) is 1.60. The Morgan fingerprint density at radius 1 is 0.962 bits per heavy atom. The van der Waals surface area contributed by atoms with Gasteiger partial charge >= 0.3 is 0 Å². The lowest BCUT2D eigenvalue weighted by Gasteiger charge is -2.08. The van der Waals surface area contributed by atoms with Gasteiger partial charge in [0.15, 0.2) is 0 Å². The van der Waals surface area contributed by atoms with Crippen molar-refractivity contribution in [2.75, 3.05) is 7.11 Å². The van der Waals surface area contributed by atoms with Gasteiger partial charge in [-0.1, -0.05) is 30.3 Å². The second-order valence-electron chi connectivity index (χ2n) is 6.12. The number of benzene rings is 2. The number of imide groups is 1. The number of para-hydroxylation sites is 1. The van der Waals surface area contributed by atoms with Crippen molar-refractivity contribution in [1.82, 2.24) is 15.3 Å². The highest BCUT2D eigenvalue weighted by Gasteiger charge is 2.33. The van der Waals surface area contributed by atoms with E-state index in [1.165, 1.54) is 0 Å². The third-order valence-corrected chi connectivity index (χ3v) is 4.67. The molecule has 0 saturated heterocycles. The maximum absolute atomic E-state index is 12.4. The lowest BCUT2D eigenvalue weighted by atomic mass is 10.0. The van der Waals surface area contributed by atoms with Gasteiger partial charge in [0.25, 0.3) is 11.8 Å². The first kappa shape index (κ1) is 14.7. The minimum Gasteiger partial charge on any atom is -0.497 e. The Kier molecular flexibility index (Phi) is 2.91. The van der Waals surface area contributed by atoms with Crippen molar-refractivity contribution in [1.29, 1.82) is 0 Å². The molecular weight excluding hydrogens is 330 g/mol. The number of methoxy groups -OCH3 is 1. The lowest BCUT2D eigenvalue weighted by molar-refractivity contribution is 0.0878. The number of hydrogen-bond acceptors (Lipinski definition) is 4. The molecule has 126 valence electrons. The van der Waals surface area contributed by atoms with E-state index < -0.39 is 11.8 Å². The molecular formula is C20H13N3O3. The fourth-order valence-electron chi connectivity index (χ4n) is 3.51. The van der Waals surface area contributed by atoms with Crippen molar-refractivity contribution in [3.63, 3.8) is 0 Å². The van der Waals surface area contributed by atoms with Crippen LogP contribution in [0.15, 0.2) is 48.5 Å². The highest BCUT2D eigenvalue weighted by atomic mass is 16.5. The summed E-state index contributed by atoms with van der Waals surface area (Å²) in [5, 5.41) is 3.95. The van der Waals surface area contributed by atoms with Gasteiger partial charge in [-0.15, -0.1) is 0 Å². The summed E-state index contributed by atoms with van der Waals surface area (Å²) in [4.78, 5) is 32.5. The maximum atomic E-state index is 12.4. The van der Waals surface area contributed by atoms with Crippen LogP contribution in [0.1, 0.15) is 20.8 Å². The third-order valence-electron chi connectivity index (χ3n) is 4.67. The monoisotopic (exact) mass is 343 g/mol. The van der Waals surface area contributed by atoms with Crippen molar-refractivity contribution >= 4 is 33.6 Å². The number of fused-ring (bicyclic) bond motifs is 5. The van der Waals surface area contributed by atoms with Gasteiger partial charge in [-0.3, -0.25) is 14.9 Å². The van der Waals surface area contributed by atoms with Crippen LogP contribution >= 0.6 is 0 Å². The lowest BCUT2D eigenvalue weighted by Crippen LogP contribution is -2.20. The molecule has 6 heteroatoms. The number of nitrogens with one attached hydrogen (secondary N) is 2. The van der Waals surface area contributed by atoms with Crippen LogP contribution in [0.3, 0.4) is 0 Å². The summed E-state index contributed by atoms with van der Waals surface area (Å²) in [6.07, 6.45) is 0. The Morgan fingerprint density at radius 2 is 1.81 bits per heavy atom. The fraction of sp³-hybridized carbons (Fsp3) is 0.0500. The van der Waals surface area contributed by atoms with Gasteiger partial charge in [-0.05, 0) is 18.2 Å². The van der Waals surface area contributed by atoms with E-state index in [4.69, 9.17) is 4.74 Å². The van der Waals surface area contributed by atoms with E-state index in [1.807, 2.05) is 48.5 Å². The first-order valence-corrected chi connectivity index (χ1v) is 8.12. The van der Waals surface area contributed by atoms with Crippen molar-refractivity contribution in [3.8, 4) is 17.0 Å². The quantitative estimate of drug-likeness (QED) is 0.547. The van der Waals surface area contributed by atoms with Gasteiger partial charge in [0.05, 0.1) is 23.9 Å². The number of hydrogen-bond donors (Lipinski definition) is 2. The molecule has 2 N–H and O–H groups in total. The van der Waals surface area contributed by atoms with E-state index in [2.05, 4.69) is 15.3 Å². The summed E-state index contributed by atoms with van der Waals surface area (Å²) in [5.74, 6) is -0.194. The number of rotatable bonds is 2. The average Bonchev–Trinajstić information content (AvgIpc) is 3.18. The standard InChI is InChI=1S/C20H13N3O3/c1-26-11-6-4-5-10(9-11)16-17-14(12-7-2-3-8-13(12)21-17)15-18(22-16)20(25)23-19(15)24/h2-9,21H,1H3,(H,23,24,25). The minimum absolute atomic E-state index is 0.157. The number of carbonyl (C=O) groups excluding carboxylic acids is 2. The first-order chi connectivity index (χ1) is 12.7. The molecule has 0 aliphatic carbocycles. The highest BCUT2D eigenvalue weighted by molar-refractivity contribution is 6.30. The van der Waals surface area contributed by atoms with E-state index in [9.17, 15) is 9.59 Å². The molecule has 1 aliphatic heterocycles. The Balaban J connectivity index is 1.96. The Morgan fingerprint density at radius 3 is 2.65 bits per heavy atom. The van der Waals surface area contributed by atoms with E-state index in [-0.39, 0.29) is 5.69 Å². The van der Waals surface area contributed by atoms with Crippen LogP contribution in [0, 0.1) is 0 Å². The van der Waals surface area contributed by atoms with Crippen LogP contribution in [0.5, 0.6) is 5.75 Å². The van der Waals surface area contributed by atoms with Crippen molar-refractivity contribution < 1.29 is 14.3 Å². The predicted octanol–water partition coefficient (Wildman–Crippen LogP) is 3.28. The van der Waals surface area contributed by atoms with Crippen LogP contribution in [-0.4, -0.2) is 28.9 Å². The van der Waals surface area contributed by atoms with E-state index in [1.54, 1.807) is 7.11 Å². The van der Waals surface area contributed by atoms with E-state index in [0.717, 1.165) is 22.0 Å². The molecule has 2 aromatic carbocycles. The molecule has 0 unspecified atom stereocenters. The van der Waals surface area contributed by atoms with Crippen LogP contribution in [0.25, 0.3) is 33.1 Å². The zero-order valence-electron chi connectivity index (χ0n) is 13.8. The van der Waals surface area contributed by atoms with Gasteiger partial charge in [-0.2, -0.15) is 0 Å². The Hall–Kier alpha value is -3.67. The average molecular weight is 343 g/mol. The maximum Gasteiger partial charge on any atom is 0.277 e. The number of carbonyl (C=O) groups is 2. The van der Waals surface area contributed by atoms with E-state index >= 15 is 0 Å². The smallest absolute Gasteiger partial charge is 0.277 e. The molecule has 5 rings (SSSR count). The number of ether oxygens (including phenoxy) is 1. The van der Waals surface area contributed by atoms with Gasteiger partial charge in [0.2, 0.25) is 0 Å². The molecule has 0 radical (unpaired) electrons. The number of aromatic amines is 1. The number of aromatic nitrogens is 2. The number of nitrogens with zero attached hydrogens (tertiary/aromatic N) is 1. The van der Waals surface area contributed by atoms with Gasteiger partial charge < -0.3 is 9.72 Å². The third kappa shape index (κ3) is 1.89. The molecule has 6 nitrogen and oxygen atoms in total. The van der Waals surface area contributed by atoms with Crippen molar-refractivity contribution in [2.45, 2.75) is 0 Å². The number of H-pyrrole nitrogens is 1. The Labute approximate surface area is 147 Å². The summed E-state index contributed by atoms with van der Waals surface area (Å²) in [5.41, 5.74) is 3.51. The molecule has 2 amide bonds. The van der Waals surface area contributed by atoms with Crippen molar-refractivity contribution in [2.24, 2.45) is 0 Å². The SMILES string of the molecule is COc1cccc(-c2nc3c(c4c2[nH]c2ccccc24)C(=O)NC3=O)c1. The van der Waals surface area contributed by atoms with E-state index in [0.29, 0.717) is 22.4 Å². The van der Waals surface area contributed by atoms with Gasteiger partial charge in [0.1, 0.15) is 11.4 Å². The summed E-state index contributed by atoms with van der Waals surface area (Å²) >= 11 is 0. The molecule has 2 aromatic heterocycles. The zero-order valence-corrected chi connectivity index (χ0v) is 13.8. The number of amides is 2. The molecule has 0 saturated carbocycles. The summed E-state index contributed by atoms with van der Waals surface area (Å²) in [6, 6.07) is 15.2.